The molecule has 1 heterocycles. The van der Waals surface area contributed by atoms with Crippen molar-refractivity contribution in [2.75, 3.05) is 12.0 Å². The summed E-state index contributed by atoms with van der Waals surface area (Å²) in [5, 5.41) is 4.28. The van der Waals surface area contributed by atoms with E-state index in [4.69, 9.17) is 0 Å². The number of rotatable bonds is 7. The number of benzene rings is 1. The van der Waals surface area contributed by atoms with Crippen molar-refractivity contribution in [1.82, 2.24) is 10.3 Å². The fourth-order valence-corrected chi connectivity index (χ4v) is 2.89. The van der Waals surface area contributed by atoms with E-state index in [0.717, 1.165) is 24.1 Å². The summed E-state index contributed by atoms with van der Waals surface area (Å²) in [7, 11) is 0. The summed E-state index contributed by atoms with van der Waals surface area (Å²) < 4.78 is 0. The highest BCUT2D eigenvalue weighted by Gasteiger charge is 2.09. The number of H-pyrrole nitrogens is 1. The van der Waals surface area contributed by atoms with Gasteiger partial charge in [0.05, 0.1) is 0 Å². The Balaban J connectivity index is 1.84. The molecule has 0 saturated carbocycles. The fourth-order valence-electron chi connectivity index (χ4n) is 2.30. The zero-order valence-electron chi connectivity index (χ0n) is 12.1. The zero-order valence-corrected chi connectivity index (χ0v) is 12.9. The van der Waals surface area contributed by atoms with Gasteiger partial charge in [0.1, 0.15) is 0 Å². The van der Waals surface area contributed by atoms with Gasteiger partial charge in [0, 0.05) is 29.6 Å². The third-order valence-electron chi connectivity index (χ3n) is 3.46. The van der Waals surface area contributed by atoms with E-state index in [1.807, 2.05) is 30.1 Å². The first-order valence-electron chi connectivity index (χ1n) is 7.04. The number of aromatic nitrogens is 1. The summed E-state index contributed by atoms with van der Waals surface area (Å²) in [6.45, 7) is 2.07. The predicted octanol–water partition coefficient (Wildman–Crippen LogP) is 3.36. The van der Waals surface area contributed by atoms with Gasteiger partial charge >= 0.3 is 0 Å². The van der Waals surface area contributed by atoms with Crippen LogP contribution < -0.4 is 5.32 Å². The molecule has 1 atom stereocenters. The average molecular weight is 290 g/mol. The van der Waals surface area contributed by atoms with E-state index in [2.05, 4.69) is 35.6 Å². The van der Waals surface area contributed by atoms with Gasteiger partial charge in [-0.05, 0) is 43.4 Å². The molecule has 0 aliphatic heterocycles. The summed E-state index contributed by atoms with van der Waals surface area (Å²) in [6, 6.07) is 8.47. The first-order chi connectivity index (χ1) is 9.70. The molecular formula is C16H22N2OS. The molecule has 2 N–H and O–H groups in total. The van der Waals surface area contributed by atoms with Crippen LogP contribution in [0.2, 0.25) is 0 Å². The summed E-state index contributed by atoms with van der Waals surface area (Å²) in [6.07, 6.45) is 6.46. The first-order valence-corrected chi connectivity index (χ1v) is 8.43. The molecule has 0 radical (unpaired) electrons. The van der Waals surface area contributed by atoms with Gasteiger partial charge in [-0.25, -0.2) is 0 Å². The number of aryl methyl sites for hydroxylation is 1. The molecule has 0 spiro atoms. The van der Waals surface area contributed by atoms with E-state index in [1.54, 1.807) is 0 Å². The number of aromatic amines is 1. The topological polar surface area (TPSA) is 44.9 Å². The van der Waals surface area contributed by atoms with E-state index in [0.29, 0.717) is 6.42 Å². The molecule has 108 valence electrons. The highest BCUT2D eigenvalue weighted by Crippen LogP contribution is 2.18. The van der Waals surface area contributed by atoms with Crippen LogP contribution in [0.1, 0.15) is 25.3 Å². The van der Waals surface area contributed by atoms with Gasteiger partial charge in [-0.1, -0.05) is 18.2 Å². The van der Waals surface area contributed by atoms with Gasteiger partial charge in [-0.3, -0.25) is 4.79 Å². The number of para-hydroxylation sites is 1. The molecule has 0 aliphatic carbocycles. The molecule has 1 amide bonds. The van der Waals surface area contributed by atoms with Crippen LogP contribution in [0.4, 0.5) is 0 Å². The van der Waals surface area contributed by atoms with Crippen LogP contribution in [0, 0.1) is 0 Å². The fraction of sp³-hybridized carbons (Fsp3) is 0.438. The molecule has 2 aromatic rings. The number of carbonyl (C=O) groups excluding carboxylic acids is 1. The van der Waals surface area contributed by atoms with Gasteiger partial charge in [-0.15, -0.1) is 0 Å². The van der Waals surface area contributed by atoms with E-state index >= 15 is 0 Å². The molecule has 0 fully saturated rings. The van der Waals surface area contributed by atoms with Gasteiger partial charge in [0.2, 0.25) is 5.91 Å². The van der Waals surface area contributed by atoms with Crippen molar-refractivity contribution in [2.24, 2.45) is 0 Å². The number of amides is 1. The number of hydrogen-bond donors (Lipinski definition) is 2. The molecular weight excluding hydrogens is 268 g/mol. The second-order valence-electron chi connectivity index (χ2n) is 5.11. The Morgan fingerprint density at radius 2 is 2.20 bits per heavy atom. The third kappa shape index (κ3) is 4.04. The molecule has 0 saturated heterocycles. The smallest absolute Gasteiger partial charge is 0.220 e. The summed E-state index contributed by atoms with van der Waals surface area (Å²) in [5.41, 5.74) is 2.35. The van der Waals surface area contributed by atoms with E-state index in [-0.39, 0.29) is 11.9 Å². The van der Waals surface area contributed by atoms with Crippen molar-refractivity contribution in [1.29, 1.82) is 0 Å². The number of fused-ring (bicyclic) bond motifs is 1. The Morgan fingerprint density at radius 3 is 3.00 bits per heavy atom. The molecule has 1 aromatic carbocycles. The van der Waals surface area contributed by atoms with Crippen molar-refractivity contribution >= 4 is 28.6 Å². The molecule has 20 heavy (non-hydrogen) atoms. The van der Waals surface area contributed by atoms with Crippen LogP contribution in [0.3, 0.4) is 0 Å². The van der Waals surface area contributed by atoms with Crippen molar-refractivity contribution in [3.8, 4) is 0 Å². The highest BCUT2D eigenvalue weighted by molar-refractivity contribution is 7.98. The lowest BCUT2D eigenvalue weighted by Crippen LogP contribution is -2.33. The van der Waals surface area contributed by atoms with E-state index in [9.17, 15) is 4.79 Å². The Kier molecular flexibility index (Phi) is 5.53. The minimum atomic E-state index is 0.142. The standard InChI is InChI=1S/C16H22N2OS/c1-12(9-10-20-2)18-16(19)8-7-13-11-17-15-6-4-3-5-14(13)15/h3-6,11-12,17H,7-10H2,1-2H3,(H,18,19). The largest absolute Gasteiger partial charge is 0.361 e. The number of hydrogen-bond acceptors (Lipinski definition) is 2. The lowest BCUT2D eigenvalue weighted by atomic mass is 10.1. The number of nitrogens with one attached hydrogen (secondary N) is 2. The second kappa shape index (κ2) is 7.39. The molecule has 1 aromatic heterocycles. The van der Waals surface area contributed by atoms with Crippen LogP contribution in [0.25, 0.3) is 10.9 Å². The Bertz CT molecular complexity index is 564. The monoisotopic (exact) mass is 290 g/mol. The van der Waals surface area contributed by atoms with Crippen LogP contribution in [-0.4, -0.2) is 28.9 Å². The van der Waals surface area contributed by atoms with Crippen LogP contribution in [-0.2, 0) is 11.2 Å². The van der Waals surface area contributed by atoms with Crippen LogP contribution in [0.15, 0.2) is 30.5 Å². The molecule has 4 heteroatoms. The Morgan fingerprint density at radius 1 is 1.40 bits per heavy atom. The van der Waals surface area contributed by atoms with E-state index in [1.165, 1.54) is 10.9 Å². The molecule has 0 bridgehead atoms. The van der Waals surface area contributed by atoms with Gasteiger partial charge in [0.15, 0.2) is 0 Å². The van der Waals surface area contributed by atoms with Crippen molar-refractivity contribution in [2.45, 2.75) is 32.2 Å². The van der Waals surface area contributed by atoms with Crippen molar-refractivity contribution < 1.29 is 4.79 Å². The summed E-state index contributed by atoms with van der Waals surface area (Å²) in [4.78, 5) is 15.2. The summed E-state index contributed by atoms with van der Waals surface area (Å²) in [5.74, 6) is 1.23. The molecule has 2 rings (SSSR count). The maximum atomic E-state index is 11.9. The van der Waals surface area contributed by atoms with Crippen molar-refractivity contribution in [3.63, 3.8) is 0 Å². The molecule has 0 aliphatic rings. The van der Waals surface area contributed by atoms with Gasteiger partial charge in [0.25, 0.3) is 0 Å². The zero-order chi connectivity index (χ0) is 14.4. The van der Waals surface area contributed by atoms with E-state index < -0.39 is 0 Å². The average Bonchev–Trinajstić information content (AvgIpc) is 2.86. The number of carbonyl (C=O) groups is 1. The first kappa shape index (κ1) is 15.0. The SMILES string of the molecule is CSCCC(C)NC(=O)CCc1c[nH]c2ccccc12. The van der Waals surface area contributed by atoms with Gasteiger partial charge in [-0.2, -0.15) is 11.8 Å². The third-order valence-corrected chi connectivity index (χ3v) is 4.10. The minimum Gasteiger partial charge on any atom is -0.361 e. The van der Waals surface area contributed by atoms with Crippen LogP contribution in [0.5, 0.6) is 0 Å². The van der Waals surface area contributed by atoms with Gasteiger partial charge < -0.3 is 10.3 Å². The molecule has 1 unspecified atom stereocenters. The number of thioether (sulfide) groups is 1. The molecule has 3 nitrogen and oxygen atoms in total. The highest BCUT2D eigenvalue weighted by atomic mass is 32.2. The quantitative estimate of drug-likeness (QED) is 0.821. The maximum absolute atomic E-state index is 11.9. The minimum absolute atomic E-state index is 0.142. The lowest BCUT2D eigenvalue weighted by Gasteiger charge is -2.12. The maximum Gasteiger partial charge on any atom is 0.220 e. The van der Waals surface area contributed by atoms with Crippen molar-refractivity contribution in [3.05, 3.63) is 36.0 Å². The van der Waals surface area contributed by atoms with Crippen LogP contribution >= 0.6 is 11.8 Å². The summed E-state index contributed by atoms with van der Waals surface area (Å²) >= 11 is 1.81. The Hall–Kier alpha value is -1.42. The second-order valence-corrected chi connectivity index (χ2v) is 6.10. The lowest BCUT2D eigenvalue weighted by molar-refractivity contribution is -0.121. The Labute approximate surface area is 124 Å². The predicted molar refractivity (Wildman–Crippen MR) is 87.2 cm³/mol. The normalized spacial score (nSPS) is 12.5.